The fourth-order valence-electron chi connectivity index (χ4n) is 5.43. The number of carbonyl (C=O) groups excluding carboxylic acids is 3. The number of likely N-dealkylation sites (tertiary alicyclic amines) is 1. The van der Waals surface area contributed by atoms with Crippen molar-refractivity contribution in [1.82, 2.24) is 10.2 Å². The van der Waals surface area contributed by atoms with Gasteiger partial charge in [-0.05, 0) is 48.7 Å². The van der Waals surface area contributed by atoms with Crippen molar-refractivity contribution in [3.05, 3.63) is 58.6 Å². The number of nitrogens with zero attached hydrogens (tertiary/aromatic N) is 1. The highest BCUT2D eigenvalue weighted by Crippen LogP contribution is 2.53. The number of amides is 3. The molecule has 3 aliphatic rings. The van der Waals surface area contributed by atoms with Gasteiger partial charge in [0, 0.05) is 28.9 Å². The fourth-order valence-corrected chi connectivity index (χ4v) is 5.60. The minimum Gasteiger partial charge on any atom is -0.508 e. The maximum absolute atomic E-state index is 13.6. The first-order valence-corrected chi connectivity index (χ1v) is 11.3. The van der Waals surface area contributed by atoms with Gasteiger partial charge in [0.15, 0.2) is 0 Å². The van der Waals surface area contributed by atoms with Crippen molar-refractivity contribution in [2.24, 2.45) is 11.8 Å². The number of hydrogen-bond acceptors (Lipinski definition) is 5. The zero-order valence-corrected chi connectivity index (χ0v) is 18.4. The first kappa shape index (κ1) is 21.0. The van der Waals surface area contributed by atoms with Crippen molar-refractivity contribution in [2.75, 3.05) is 11.9 Å². The van der Waals surface area contributed by atoms with Gasteiger partial charge in [-0.1, -0.05) is 37.1 Å². The molecule has 166 valence electrons. The highest BCUT2D eigenvalue weighted by Gasteiger charge is 2.70. The van der Waals surface area contributed by atoms with Crippen molar-refractivity contribution >= 4 is 35.0 Å². The van der Waals surface area contributed by atoms with Gasteiger partial charge in [0.05, 0.1) is 11.8 Å². The summed E-state index contributed by atoms with van der Waals surface area (Å²) in [6, 6.07) is 11.4. The fraction of sp³-hybridized carbons (Fsp3) is 0.375. The summed E-state index contributed by atoms with van der Waals surface area (Å²) in [4.78, 5) is 41.7. The number of carbonyl (C=O) groups is 3. The average Bonchev–Trinajstić information content (AvgIpc) is 3.34. The lowest BCUT2D eigenvalue weighted by atomic mass is 9.76. The lowest BCUT2D eigenvalue weighted by Crippen LogP contribution is -2.53. The standard InChI is InChI=1S/C24H24ClN3O4/c1-2-3-10-28-21(30)19-18(11-13-4-7-15(29)8-5-13)27-24(20(19)22(28)31)16-12-14(25)6-9-17(16)26-23(24)32/h4-9,12,18-20,27,29H,2-3,10-11H2,1H3,(H,26,32)/t18-,19+,20+,24+/m0/s1. The monoisotopic (exact) mass is 453 g/mol. The highest BCUT2D eigenvalue weighted by molar-refractivity contribution is 6.31. The van der Waals surface area contributed by atoms with Crippen LogP contribution in [-0.2, 0) is 26.3 Å². The molecule has 8 heteroatoms. The van der Waals surface area contributed by atoms with Crippen LogP contribution in [0.5, 0.6) is 5.75 Å². The number of hydrogen-bond donors (Lipinski definition) is 3. The quantitative estimate of drug-likeness (QED) is 0.605. The Kier molecular flexibility index (Phi) is 4.98. The zero-order chi connectivity index (χ0) is 22.6. The number of benzene rings is 2. The van der Waals surface area contributed by atoms with Gasteiger partial charge in [-0.25, -0.2) is 0 Å². The van der Waals surface area contributed by atoms with Crippen molar-refractivity contribution < 1.29 is 19.5 Å². The van der Waals surface area contributed by atoms with E-state index in [9.17, 15) is 19.5 Å². The first-order chi connectivity index (χ1) is 15.4. The Hall–Kier alpha value is -2.90. The molecular formula is C24H24ClN3O4. The van der Waals surface area contributed by atoms with Gasteiger partial charge in [0.2, 0.25) is 17.7 Å². The molecule has 3 aliphatic heterocycles. The van der Waals surface area contributed by atoms with Crippen molar-refractivity contribution in [3.8, 4) is 5.75 Å². The van der Waals surface area contributed by atoms with E-state index >= 15 is 0 Å². The van der Waals surface area contributed by atoms with Crippen LogP contribution < -0.4 is 10.6 Å². The summed E-state index contributed by atoms with van der Waals surface area (Å²) in [5, 5.41) is 16.4. The summed E-state index contributed by atoms with van der Waals surface area (Å²) in [6.45, 7) is 2.36. The van der Waals surface area contributed by atoms with Crippen molar-refractivity contribution in [3.63, 3.8) is 0 Å². The molecule has 2 fully saturated rings. The normalized spacial score (nSPS) is 28.4. The molecule has 1 spiro atoms. The Morgan fingerprint density at radius 1 is 1.09 bits per heavy atom. The van der Waals surface area contributed by atoms with E-state index < -0.39 is 23.4 Å². The number of fused-ring (bicyclic) bond motifs is 4. The summed E-state index contributed by atoms with van der Waals surface area (Å²) in [5.41, 5.74) is 0.758. The second kappa shape index (κ2) is 7.60. The van der Waals surface area contributed by atoms with E-state index in [1.807, 2.05) is 6.92 Å². The largest absolute Gasteiger partial charge is 0.508 e. The summed E-state index contributed by atoms with van der Waals surface area (Å²) in [6.07, 6.45) is 2.01. The predicted octanol–water partition coefficient (Wildman–Crippen LogP) is 2.81. The molecule has 0 unspecified atom stereocenters. The Morgan fingerprint density at radius 2 is 1.84 bits per heavy atom. The zero-order valence-electron chi connectivity index (χ0n) is 17.6. The molecule has 3 heterocycles. The third-order valence-corrected chi connectivity index (χ3v) is 7.13. The number of rotatable bonds is 5. The second-order valence-electron chi connectivity index (χ2n) is 8.76. The summed E-state index contributed by atoms with van der Waals surface area (Å²) in [7, 11) is 0. The highest BCUT2D eigenvalue weighted by atomic mass is 35.5. The van der Waals surface area contributed by atoms with E-state index in [1.54, 1.807) is 42.5 Å². The number of imide groups is 1. The maximum Gasteiger partial charge on any atom is 0.250 e. The molecule has 7 nitrogen and oxygen atoms in total. The predicted molar refractivity (Wildman–Crippen MR) is 119 cm³/mol. The molecule has 0 saturated carbocycles. The maximum atomic E-state index is 13.6. The van der Waals surface area contributed by atoms with Crippen LogP contribution in [0.1, 0.15) is 30.9 Å². The van der Waals surface area contributed by atoms with Crippen molar-refractivity contribution in [2.45, 2.75) is 37.8 Å². The van der Waals surface area contributed by atoms with E-state index in [-0.39, 0.29) is 23.5 Å². The van der Waals surface area contributed by atoms with Crippen molar-refractivity contribution in [1.29, 1.82) is 0 Å². The molecule has 3 N–H and O–H groups in total. The summed E-state index contributed by atoms with van der Waals surface area (Å²) >= 11 is 6.27. The van der Waals surface area contributed by atoms with E-state index in [2.05, 4.69) is 10.6 Å². The molecule has 4 atom stereocenters. The number of anilines is 1. The number of phenols is 1. The van der Waals surface area contributed by atoms with Gasteiger partial charge < -0.3 is 10.4 Å². The van der Waals surface area contributed by atoms with E-state index in [0.717, 1.165) is 12.0 Å². The molecule has 0 aliphatic carbocycles. The van der Waals surface area contributed by atoms with Gasteiger partial charge >= 0.3 is 0 Å². The van der Waals surface area contributed by atoms with Gasteiger partial charge in [-0.2, -0.15) is 0 Å². The van der Waals surface area contributed by atoms with E-state index in [1.165, 1.54) is 4.90 Å². The van der Waals surface area contributed by atoms with Crippen LogP contribution in [0.3, 0.4) is 0 Å². The van der Waals surface area contributed by atoms with Gasteiger partial charge in [-0.15, -0.1) is 0 Å². The lowest BCUT2D eigenvalue weighted by molar-refractivity contribution is -0.142. The SMILES string of the molecule is CCCCN1C(=O)[C@@H]2[C@H](Cc3ccc(O)cc3)N[C@@]3(C(=O)Nc4ccc(Cl)cc43)[C@H]2C1=O. The molecule has 2 aromatic carbocycles. The molecule has 0 aromatic heterocycles. The van der Waals surface area contributed by atoms with Crippen LogP contribution in [0.4, 0.5) is 5.69 Å². The van der Waals surface area contributed by atoms with Crippen LogP contribution in [0.2, 0.25) is 5.02 Å². The second-order valence-corrected chi connectivity index (χ2v) is 9.20. The number of unbranched alkanes of at least 4 members (excludes halogenated alkanes) is 1. The van der Waals surface area contributed by atoms with Gasteiger partial charge in [0.25, 0.3) is 0 Å². The van der Waals surface area contributed by atoms with Crippen LogP contribution in [0.15, 0.2) is 42.5 Å². The number of phenolic OH excluding ortho intramolecular Hbond substituents is 1. The molecule has 32 heavy (non-hydrogen) atoms. The minimum absolute atomic E-state index is 0.152. The van der Waals surface area contributed by atoms with Crippen LogP contribution >= 0.6 is 11.6 Å². The molecule has 5 rings (SSSR count). The summed E-state index contributed by atoms with van der Waals surface area (Å²) < 4.78 is 0. The van der Waals surface area contributed by atoms with Gasteiger partial charge in [0.1, 0.15) is 11.3 Å². The van der Waals surface area contributed by atoms with Crippen LogP contribution in [0.25, 0.3) is 0 Å². The van der Waals surface area contributed by atoms with Crippen LogP contribution in [0, 0.1) is 11.8 Å². The summed E-state index contributed by atoms with van der Waals surface area (Å²) in [5.74, 6) is -2.23. The number of halogens is 1. The molecule has 3 amide bonds. The third kappa shape index (κ3) is 2.95. The Morgan fingerprint density at radius 3 is 2.56 bits per heavy atom. The van der Waals surface area contributed by atoms with E-state index in [0.29, 0.717) is 35.7 Å². The molecule has 2 aromatic rings. The molecule has 2 saturated heterocycles. The Labute approximate surface area is 190 Å². The van der Waals surface area contributed by atoms with Gasteiger partial charge in [-0.3, -0.25) is 24.6 Å². The molecule has 0 radical (unpaired) electrons. The minimum atomic E-state index is -1.35. The van der Waals surface area contributed by atoms with Crippen LogP contribution in [-0.4, -0.2) is 40.3 Å². The van der Waals surface area contributed by atoms with E-state index in [4.69, 9.17) is 11.6 Å². The first-order valence-electron chi connectivity index (χ1n) is 10.9. The third-order valence-electron chi connectivity index (χ3n) is 6.90. The lowest BCUT2D eigenvalue weighted by Gasteiger charge is -2.29. The topological polar surface area (TPSA) is 98.7 Å². The molecular weight excluding hydrogens is 430 g/mol. The Balaban J connectivity index is 1.61. The average molecular weight is 454 g/mol. The Bertz CT molecular complexity index is 1120. The number of aromatic hydroxyl groups is 1. The smallest absolute Gasteiger partial charge is 0.250 e. The molecule has 0 bridgehead atoms. The number of nitrogens with one attached hydrogen (secondary N) is 2.